The zero-order chi connectivity index (χ0) is 26.0. The highest BCUT2D eigenvalue weighted by atomic mass is 16.3. The molecule has 0 amide bonds. The van der Waals surface area contributed by atoms with Gasteiger partial charge in [0, 0.05) is 21.9 Å². The standard InChI is InChI=1S/C38H26O/c1-5-15-27(16-6-1)31-23-13-14-24-34(31)38-36-33(29-19-9-3-10-20-29)26-25-32(28-17-7-2-8-18-28)35(36)37(39-38)30-21-11-4-12-22-30/h1-26H. The molecule has 0 aliphatic heterocycles. The summed E-state index contributed by atoms with van der Waals surface area (Å²) in [6, 6.07) is 55.3. The van der Waals surface area contributed by atoms with Gasteiger partial charge in [0.15, 0.2) is 0 Å². The molecular weight excluding hydrogens is 472 g/mol. The molecule has 0 unspecified atom stereocenters. The molecule has 184 valence electrons. The molecule has 1 heteroatoms. The van der Waals surface area contributed by atoms with Gasteiger partial charge in [-0.1, -0.05) is 158 Å². The predicted octanol–water partition coefficient (Wildman–Crippen LogP) is 10.8. The molecule has 0 saturated carbocycles. The van der Waals surface area contributed by atoms with Crippen molar-refractivity contribution in [2.75, 3.05) is 0 Å². The topological polar surface area (TPSA) is 13.1 Å². The predicted molar refractivity (Wildman–Crippen MR) is 163 cm³/mol. The normalized spacial score (nSPS) is 11.1. The quantitative estimate of drug-likeness (QED) is 0.230. The zero-order valence-corrected chi connectivity index (χ0v) is 21.4. The summed E-state index contributed by atoms with van der Waals surface area (Å²) in [5.41, 5.74) is 9.12. The first-order valence-electron chi connectivity index (χ1n) is 13.3. The van der Waals surface area contributed by atoms with E-state index >= 15 is 0 Å². The van der Waals surface area contributed by atoms with Crippen molar-refractivity contribution in [1.82, 2.24) is 0 Å². The van der Waals surface area contributed by atoms with Crippen LogP contribution in [0.5, 0.6) is 0 Å². The highest BCUT2D eigenvalue weighted by molar-refractivity contribution is 6.17. The van der Waals surface area contributed by atoms with Crippen LogP contribution in [0.15, 0.2) is 162 Å². The molecule has 1 nitrogen and oxygen atoms in total. The van der Waals surface area contributed by atoms with Gasteiger partial charge in [0.1, 0.15) is 11.5 Å². The van der Waals surface area contributed by atoms with Gasteiger partial charge >= 0.3 is 0 Å². The van der Waals surface area contributed by atoms with Crippen molar-refractivity contribution in [2.24, 2.45) is 0 Å². The fraction of sp³-hybridized carbons (Fsp3) is 0. The lowest BCUT2D eigenvalue weighted by atomic mass is 9.89. The molecule has 0 N–H and O–H groups in total. The van der Waals surface area contributed by atoms with Crippen molar-refractivity contribution in [2.45, 2.75) is 0 Å². The van der Waals surface area contributed by atoms with E-state index in [0.717, 1.165) is 50.1 Å². The van der Waals surface area contributed by atoms with Crippen LogP contribution in [0.4, 0.5) is 0 Å². The molecule has 0 aliphatic carbocycles. The highest BCUT2D eigenvalue weighted by Gasteiger charge is 2.24. The lowest BCUT2D eigenvalue weighted by molar-refractivity contribution is 0.602. The van der Waals surface area contributed by atoms with Crippen LogP contribution in [-0.4, -0.2) is 0 Å². The maximum Gasteiger partial charge on any atom is 0.143 e. The van der Waals surface area contributed by atoms with Crippen LogP contribution in [0.2, 0.25) is 0 Å². The Morgan fingerprint density at radius 1 is 0.256 bits per heavy atom. The first kappa shape index (κ1) is 23.0. The minimum absolute atomic E-state index is 0.889. The van der Waals surface area contributed by atoms with E-state index in [9.17, 15) is 0 Å². The van der Waals surface area contributed by atoms with Crippen LogP contribution in [0, 0.1) is 0 Å². The van der Waals surface area contributed by atoms with Crippen LogP contribution in [-0.2, 0) is 0 Å². The monoisotopic (exact) mass is 498 g/mol. The van der Waals surface area contributed by atoms with Crippen molar-refractivity contribution in [1.29, 1.82) is 0 Å². The summed E-state index contributed by atoms with van der Waals surface area (Å²) in [4.78, 5) is 0. The first-order valence-corrected chi connectivity index (χ1v) is 13.3. The molecule has 0 aliphatic rings. The summed E-state index contributed by atoms with van der Waals surface area (Å²) in [6.07, 6.45) is 0. The van der Waals surface area contributed by atoms with Gasteiger partial charge < -0.3 is 4.42 Å². The van der Waals surface area contributed by atoms with Crippen molar-refractivity contribution in [3.63, 3.8) is 0 Å². The Bertz CT molecular complexity index is 1870. The van der Waals surface area contributed by atoms with E-state index < -0.39 is 0 Å². The average molecular weight is 499 g/mol. The molecule has 7 rings (SSSR count). The van der Waals surface area contributed by atoms with E-state index in [4.69, 9.17) is 4.42 Å². The van der Waals surface area contributed by atoms with Gasteiger partial charge in [-0.15, -0.1) is 0 Å². The molecule has 0 fully saturated rings. The Labute approximate surface area is 228 Å². The largest absolute Gasteiger partial charge is 0.455 e. The summed E-state index contributed by atoms with van der Waals surface area (Å²) in [6.45, 7) is 0. The van der Waals surface area contributed by atoms with Crippen LogP contribution < -0.4 is 0 Å². The zero-order valence-electron chi connectivity index (χ0n) is 21.4. The fourth-order valence-corrected chi connectivity index (χ4v) is 5.53. The molecule has 0 bridgehead atoms. The maximum absolute atomic E-state index is 7.02. The van der Waals surface area contributed by atoms with Gasteiger partial charge in [-0.05, 0) is 33.4 Å². The summed E-state index contributed by atoms with van der Waals surface area (Å²) < 4.78 is 7.02. The van der Waals surface area contributed by atoms with E-state index in [0.29, 0.717) is 0 Å². The smallest absolute Gasteiger partial charge is 0.143 e. The second kappa shape index (κ2) is 9.96. The average Bonchev–Trinajstić information content (AvgIpc) is 3.43. The number of hydrogen-bond acceptors (Lipinski definition) is 1. The summed E-state index contributed by atoms with van der Waals surface area (Å²) in [5.74, 6) is 1.78. The Balaban J connectivity index is 1.64. The van der Waals surface area contributed by atoms with Gasteiger partial charge in [-0.25, -0.2) is 0 Å². The van der Waals surface area contributed by atoms with Crippen LogP contribution in [0.25, 0.3) is 66.8 Å². The van der Waals surface area contributed by atoms with Crippen LogP contribution >= 0.6 is 0 Å². The number of benzene rings is 6. The third kappa shape index (κ3) is 4.15. The SMILES string of the molecule is c1ccc(-c2ccccc2-c2oc(-c3ccccc3)c3c(-c4ccccc4)ccc(-c4ccccc4)c23)cc1. The molecule has 7 aromatic rings. The lowest BCUT2D eigenvalue weighted by Gasteiger charge is -2.12. The van der Waals surface area contributed by atoms with Gasteiger partial charge in [0.25, 0.3) is 0 Å². The Morgan fingerprint density at radius 2 is 0.615 bits per heavy atom. The molecule has 6 aromatic carbocycles. The molecule has 0 spiro atoms. The first-order chi connectivity index (χ1) is 19.4. The number of hydrogen-bond donors (Lipinski definition) is 0. The molecule has 39 heavy (non-hydrogen) atoms. The van der Waals surface area contributed by atoms with E-state index in [1.807, 2.05) is 6.07 Å². The van der Waals surface area contributed by atoms with Gasteiger partial charge in [-0.2, -0.15) is 0 Å². The second-order valence-electron chi connectivity index (χ2n) is 9.68. The van der Waals surface area contributed by atoms with Gasteiger partial charge in [0.05, 0.1) is 0 Å². The summed E-state index contributed by atoms with van der Waals surface area (Å²) >= 11 is 0. The maximum atomic E-state index is 7.02. The van der Waals surface area contributed by atoms with Crippen molar-refractivity contribution >= 4 is 10.8 Å². The number of rotatable bonds is 5. The number of fused-ring (bicyclic) bond motifs is 1. The molecule has 1 aromatic heterocycles. The summed E-state index contributed by atoms with van der Waals surface area (Å²) in [5, 5.41) is 2.26. The lowest BCUT2D eigenvalue weighted by Crippen LogP contribution is -1.88. The van der Waals surface area contributed by atoms with Crippen molar-refractivity contribution in [3.05, 3.63) is 158 Å². The minimum atomic E-state index is 0.889. The van der Waals surface area contributed by atoms with E-state index in [2.05, 4.69) is 152 Å². The van der Waals surface area contributed by atoms with Crippen molar-refractivity contribution < 1.29 is 4.42 Å². The molecule has 0 atom stereocenters. The minimum Gasteiger partial charge on any atom is -0.455 e. The van der Waals surface area contributed by atoms with E-state index in [-0.39, 0.29) is 0 Å². The van der Waals surface area contributed by atoms with E-state index in [1.54, 1.807) is 0 Å². The fourth-order valence-electron chi connectivity index (χ4n) is 5.53. The highest BCUT2D eigenvalue weighted by Crippen LogP contribution is 2.49. The molecule has 0 radical (unpaired) electrons. The van der Waals surface area contributed by atoms with Crippen molar-refractivity contribution in [3.8, 4) is 56.0 Å². The summed E-state index contributed by atoms with van der Waals surface area (Å²) in [7, 11) is 0. The Morgan fingerprint density at radius 3 is 1.10 bits per heavy atom. The third-order valence-electron chi connectivity index (χ3n) is 7.33. The molecular formula is C38H26O. The van der Waals surface area contributed by atoms with Crippen LogP contribution in [0.3, 0.4) is 0 Å². The second-order valence-corrected chi connectivity index (χ2v) is 9.68. The third-order valence-corrected chi connectivity index (χ3v) is 7.33. The van der Waals surface area contributed by atoms with Gasteiger partial charge in [0.2, 0.25) is 0 Å². The Hall–Kier alpha value is -5.14. The van der Waals surface area contributed by atoms with Crippen LogP contribution in [0.1, 0.15) is 0 Å². The molecule has 0 saturated heterocycles. The number of furan rings is 1. The molecule has 1 heterocycles. The van der Waals surface area contributed by atoms with E-state index in [1.165, 1.54) is 16.7 Å². The Kier molecular flexibility index (Phi) is 5.88. The van der Waals surface area contributed by atoms with Gasteiger partial charge in [-0.3, -0.25) is 0 Å².